The number of nitrogens with zero attached hydrogens (tertiary/aromatic N) is 3. The number of rotatable bonds is 8. The second-order valence-electron chi connectivity index (χ2n) is 6.74. The second-order valence-corrected chi connectivity index (χ2v) is 9.74. The molecular weight excluding hydrogens is 455 g/mol. The molecule has 1 aromatic carbocycles. The quantitative estimate of drug-likeness (QED) is 0.356. The van der Waals surface area contributed by atoms with Gasteiger partial charge >= 0.3 is 16.5 Å². The zero-order valence-corrected chi connectivity index (χ0v) is 18.5. The number of hydrogen-bond donors (Lipinski definition) is 1. The summed E-state index contributed by atoms with van der Waals surface area (Å²) in [7, 11) is -0.682. The number of aromatic nitrogens is 1. The van der Waals surface area contributed by atoms with E-state index in [1.807, 2.05) is 20.2 Å². The smallest absolute Gasteiger partial charge is 0.322 e. The first-order valence-electron chi connectivity index (χ1n) is 8.88. The van der Waals surface area contributed by atoms with Gasteiger partial charge in [0.15, 0.2) is 0 Å². The Hall–Kier alpha value is -2.21. The van der Waals surface area contributed by atoms with E-state index in [-0.39, 0.29) is 38.9 Å². The molecule has 1 aliphatic rings. The first kappa shape index (κ1) is 22.5. The van der Waals surface area contributed by atoms with Crippen molar-refractivity contribution in [2.45, 2.75) is 29.8 Å². The third-order valence-corrected chi connectivity index (χ3v) is 7.37. The molecule has 12 heteroatoms. The summed E-state index contributed by atoms with van der Waals surface area (Å²) in [5.41, 5.74) is 0.275. The van der Waals surface area contributed by atoms with Crippen molar-refractivity contribution in [1.29, 1.82) is 0 Å². The Balaban J connectivity index is 1.94. The summed E-state index contributed by atoms with van der Waals surface area (Å²) < 4.78 is 41.0. The zero-order valence-electron chi connectivity index (χ0n) is 16.2. The molecule has 0 saturated heterocycles. The van der Waals surface area contributed by atoms with Gasteiger partial charge in [-0.15, -0.1) is 11.3 Å². The van der Waals surface area contributed by atoms with Gasteiger partial charge in [0.25, 0.3) is 0 Å². The first-order valence-corrected chi connectivity index (χ1v) is 11.6. The van der Waals surface area contributed by atoms with Gasteiger partial charge in [-0.2, -0.15) is 8.42 Å². The summed E-state index contributed by atoms with van der Waals surface area (Å²) in [6.07, 6.45) is 6.98. The van der Waals surface area contributed by atoms with Crippen LogP contribution >= 0.6 is 22.9 Å². The Morgan fingerprint density at radius 2 is 2.07 bits per heavy atom. The van der Waals surface area contributed by atoms with Crippen molar-refractivity contribution >= 4 is 50.3 Å². The minimum absolute atomic E-state index is 0.0206. The van der Waals surface area contributed by atoms with Crippen LogP contribution in [0.25, 0.3) is 0 Å². The minimum Gasteiger partial charge on any atom is -0.379 e. The predicted molar refractivity (Wildman–Crippen MR) is 114 cm³/mol. The Morgan fingerprint density at radius 1 is 1.33 bits per heavy atom. The maximum Gasteiger partial charge on any atom is 0.322 e. The van der Waals surface area contributed by atoms with Crippen molar-refractivity contribution in [3.05, 3.63) is 46.7 Å². The summed E-state index contributed by atoms with van der Waals surface area (Å²) in [6, 6.07) is 2.15. The average Bonchev–Trinajstić information content (AvgIpc) is 3.22. The Bertz CT molecular complexity index is 1030. The van der Waals surface area contributed by atoms with Crippen LogP contribution in [0.1, 0.15) is 12.8 Å². The number of nitrogens with one attached hydrogen (secondary N) is 1. The SMILES string of the molecule is CN(C)[C@H]1CC=CC[C@@H]1Nc1cc(F)c(S(=O)(=O)N(OC=O)c2nccs2)cc1Cl. The van der Waals surface area contributed by atoms with E-state index < -0.39 is 20.7 Å². The fraction of sp³-hybridized carbons (Fsp3) is 0.333. The van der Waals surface area contributed by atoms with Crippen molar-refractivity contribution in [3.63, 3.8) is 0 Å². The molecule has 1 heterocycles. The van der Waals surface area contributed by atoms with Crippen LogP contribution in [-0.2, 0) is 19.7 Å². The molecule has 1 N–H and O–H groups in total. The molecule has 8 nitrogen and oxygen atoms in total. The molecule has 0 bridgehead atoms. The third-order valence-electron chi connectivity index (χ3n) is 4.63. The summed E-state index contributed by atoms with van der Waals surface area (Å²) in [5.74, 6) is -1.04. The lowest BCUT2D eigenvalue weighted by Gasteiger charge is -2.35. The van der Waals surface area contributed by atoms with E-state index in [1.54, 1.807) is 0 Å². The summed E-state index contributed by atoms with van der Waals surface area (Å²) in [6.45, 7) is -0.0770. The molecule has 0 radical (unpaired) electrons. The molecule has 0 spiro atoms. The molecule has 0 amide bonds. The molecule has 30 heavy (non-hydrogen) atoms. The average molecular weight is 475 g/mol. The van der Waals surface area contributed by atoms with Gasteiger partial charge in [0, 0.05) is 23.7 Å². The highest BCUT2D eigenvalue weighted by Gasteiger charge is 2.33. The summed E-state index contributed by atoms with van der Waals surface area (Å²) >= 11 is 7.20. The highest BCUT2D eigenvalue weighted by molar-refractivity contribution is 7.92. The molecule has 3 rings (SSSR count). The Morgan fingerprint density at radius 3 is 2.70 bits per heavy atom. The van der Waals surface area contributed by atoms with E-state index >= 15 is 0 Å². The molecule has 162 valence electrons. The largest absolute Gasteiger partial charge is 0.379 e. The van der Waals surface area contributed by atoms with E-state index in [0.29, 0.717) is 6.42 Å². The van der Waals surface area contributed by atoms with Crippen LogP contribution in [0, 0.1) is 5.82 Å². The number of thiazole rings is 1. The van der Waals surface area contributed by atoms with E-state index in [2.05, 4.69) is 26.1 Å². The van der Waals surface area contributed by atoms with Crippen molar-refractivity contribution in [3.8, 4) is 0 Å². The molecule has 0 aliphatic heterocycles. The van der Waals surface area contributed by atoms with Gasteiger partial charge < -0.3 is 15.1 Å². The van der Waals surface area contributed by atoms with Gasteiger partial charge in [0.2, 0.25) is 5.13 Å². The highest BCUT2D eigenvalue weighted by Crippen LogP contribution is 2.33. The fourth-order valence-electron chi connectivity index (χ4n) is 3.20. The Labute approximate surface area is 182 Å². The van der Waals surface area contributed by atoms with Gasteiger partial charge in [-0.1, -0.05) is 28.2 Å². The normalized spacial score (nSPS) is 19.0. The van der Waals surface area contributed by atoms with Crippen molar-refractivity contribution < 1.29 is 22.4 Å². The minimum atomic E-state index is -4.59. The zero-order chi connectivity index (χ0) is 21.9. The standard InChI is InChI=1S/C18H20ClFN4O4S2/c1-23(2)16-6-4-3-5-14(16)22-15-10-13(20)17(9-12(15)19)30(26,27)24(28-11-25)18-21-7-8-29-18/h3-4,7-11,14,16,22H,5-6H2,1-2H3/t14-,16-/m0/s1. The van der Waals surface area contributed by atoms with E-state index in [4.69, 9.17) is 11.6 Å². The predicted octanol–water partition coefficient (Wildman–Crippen LogP) is 3.28. The Kier molecular flexibility index (Phi) is 6.96. The van der Waals surface area contributed by atoms with Gasteiger partial charge in [-0.3, -0.25) is 4.79 Å². The maximum atomic E-state index is 14.9. The third kappa shape index (κ3) is 4.59. The number of likely N-dealkylation sites (N-methyl/N-ethyl adjacent to an activating group) is 1. The molecular formula is C18H20ClFN4O4S2. The van der Waals surface area contributed by atoms with Crippen LogP contribution in [-0.4, -0.2) is 51.0 Å². The van der Waals surface area contributed by atoms with Gasteiger partial charge in [0.05, 0.1) is 10.7 Å². The monoisotopic (exact) mass is 474 g/mol. The number of carbonyl (C=O) groups is 1. The lowest BCUT2D eigenvalue weighted by molar-refractivity contribution is -0.128. The summed E-state index contributed by atoms with van der Waals surface area (Å²) in [5, 5.41) is 4.57. The molecule has 0 fully saturated rings. The molecule has 0 unspecified atom stereocenters. The first-order chi connectivity index (χ1) is 14.3. The number of hydrogen-bond acceptors (Lipinski definition) is 8. The summed E-state index contributed by atoms with van der Waals surface area (Å²) in [4.78, 5) is 20.5. The van der Waals surface area contributed by atoms with Crippen LogP contribution in [0.15, 0.2) is 40.8 Å². The molecule has 2 aromatic rings. The molecule has 1 aromatic heterocycles. The highest BCUT2D eigenvalue weighted by atomic mass is 35.5. The van der Waals surface area contributed by atoms with E-state index in [9.17, 15) is 17.6 Å². The maximum absolute atomic E-state index is 14.9. The molecule has 1 aliphatic carbocycles. The van der Waals surface area contributed by atoms with Crippen LogP contribution in [0.4, 0.5) is 15.2 Å². The van der Waals surface area contributed by atoms with Gasteiger partial charge in [-0.25, -0.2) is 9.37 Å². The van der Waals surface area contributed by atoms with E-state index in [1.165, 1.54) is 11.6 Å². The van der Waals surface area contributed by atoms with Crippen molar-refractivity contribution in [1.82, 2.24) is 9.88 Å². The number of benzene rings is 1. The van der Waals surface area contributed by atoms with Crippen molar-refractivity contribution in [2.75, 3.05) is 23.9 Å². The number of halogens is 2. The lowest BCUT2D eigenvalue weighted by atomic mass is 9.95. The van der Waals surface area contributed by atoms with Crippen LogP contribution in [0.2, 0.25) is 5.02 Å². The topological polar surface area (TPSA) is 91.8 Å². The number of sulfonamides is 1. The van der Waals surface area contributed by atoms with Crippen LogP contribution in [0.3, 0.4) is 0 Å². The fourth-order valence-corrected chi connectivity index (χ4v) is 5.55. The van der Waals surface area contributed by atoms with Gasteiger partial charge in [0.1, 0.15) is 10.7 Å². The lowest BCUT2D eigenvalue weighted by Crippen LogP contribution is -2.44. The number of anilines is 2. The number of carbonyl (C=O) groups excluding carboxylic acids is 1. The molecule has 0 saturated carbocycles. The van der Waals surface area contributed by atoms with Gasteiger partial charge in [-0.05, 0) is 39.1 Å². The second kappa shape index (κ2) is 9.29. The van der Waals surface area contributed by atoms with Crippen LogP contribution in [0.5, 0.6) is 0 Å². The van der Waals surface area contributed by atoms with E-state index in [0.717, 1.165) is 29.9 Å². The molecule has 2 atom stereocenters. The van der Waals surface area contributed by atoms with Crippen LogP contribution < -0.4 is 9.79 Å². The van der Waals surface area contributed by atoms with Crippen molar-refractivity contribution in [2.24, 2.45) is 0 Å².